The van der Waals surface area contributed by atoms with Crippen molar-refractivity contribution in [3.05, 3.63) is 36.0 Å². The highest BCUT2D eigenvalue weighted by molar-refractivity contribution is 5.97. The van der Waals surface area contributed by atoms with Gasteiger partial charge in [-0.3, -0.25) is 4.79 Å². The van der Waals surface area contributed by atoms with Crippen LogP contribution in [0.4, 0.5) is 0 Å². The van der Waals surface area contributed by atoms with Crippen molar-refractivity contribution in [2.24, 2.45) is 0 Å². The maximum atomic E-state index is 11.9. The molecule has 0 aliphatic rings. The maximum Gasteiger partial charge on any atom is 0.255 e. The van der Waals surface area contributed by atoms with Gasteiger partial charge in [-0.15, -0.1) is 0 Å². The minimum absolute atomic E-state index is 0.160. The van der Waals surface area contributed by atoms with Crippen LogP contribution in [0, 0.1) is 0 Å². The van der Waals surface area contributed by atoms with E-state index in [1.807, 2.05) is 0 Å². The lowest BCUT2D eigenvalue weighted by molar-refractivity contribution is 0.0950. The summed E-state index contributed by atoms with van der Waals surface area (Å²) in [6, 6.07) is 4.72. The van der Waals surface area contributed by atoms with Crippen molar-refractivity contribution in [2.75, 3.05) is 13.7 Å². The second kappa shape index (κ2) is 5.85. The van der Waals surface area contributed by atoms with Crippen LogP contribution in [0.3, 0.4) is 0 Å². The Morgan fingerprint density at radius 1 is 1.53 bits per heavy atom. The quantitative estimate of drug-likeness (QED) is 0.826. The van der Waals surface area contributed by atoms with Crippen LogP contribution < -0.4 is 10.1 Å². The number of methoxy groups -OCH3 is 1. The average molecular weight is 263 g/mol. The summed E-state index contributed by atoms with van der Waals surface area (Å²) >= 11 is 0. The lowest BCUT2D eigenvalue weighted by Crippen LogP contribution is -2.26. The molecule has 19 heavy (non-hydrogen) atoms. The summed E-state index contributed by atoms with van der Waals surface area (Å²) in [5, 5.41) is 16.1. The van der Waals surface area contributed by atoms with E-state index in [1.54, 1.807) is 12.1 Å². The number of aromatic nitrogens is 2. The number of phenolic OH excluding ortho intramolecular Hbond substituents is 1. The lowest BCUT2D eigenvalue weighted by Gasteiger charge is -2.08. The second-order valence-corrected chi connectivity index (χ2v) is 3.71. The molecule has 0 spiro atoms. The number of benzene rings is 1. The molecule has 0 aliphatic carbocycles. The molecule has 100 valence electrons. The first-order valence-electron chi connectivity index (χ1n) is 5.61. The summed E-state index contributed by atoms with van der Waals surface area (Å²) in [4.78, 5) is 15.7. The van der Waals surface area contributed by atoms with Crippen LogP contribution in [0.25, 0.3) is 0 Å². The van der Waals surface area contributed by atoms with E-state index in [-0.39, 0.29) is 23.0 Å². The number of rotatable bonds is 5. The number of ether oxygens (including phenoxy) is 1. The molecular formula is C12H13N3O4. The van der Waals surface area contributed by atoms with Gasteiger partial charge >= 0.3 is 0 Å². The van der Waals surface area contributed by atoms with Crippen molar-refractivity contribution < 1.29 is 19.2 Å². The number of phenols is 1. The summed E-state index contributed by atoms with van der Waals surface area (Å²) in [7, 11) is 1.42. The van der Waals surface area contributed by atoms with Gasteiger partial charge in [0.2, 0.25) is 6.39 Å². The Balaban J connectivity index is 1.96. The molecule has 1 amide bonds. The predicted molar refractivity (Wildman–Crippen MR) is 65.0 cm³/mol. The first kappa shape index (κ1) is 12.9. The van der Waals surface area contributed by atoms with Crippen LogP contribution in [0.2, 0.25) is 0 Å². The van der Waals surface area contributed by atoms with Crippen LogP contribution >= 0.6 is 0 Å². The van der Waals surface area contributed by atoms with Crippen molar-refractivity contribution in [3.63, 3.8) is 0 Å². The summed E-state index contributed by atoms with van der Waals surface area (Å²) < 4.78 is 9.51. The van der Waals surface area contributed by atoms with Crippen molar-refractivity contribution in [1.29, 1.82) is 0 Å². The third-order valence-electron chi connectivity index (χ3n) is 2.50. The Bertz CT molecular complexity index is 554. The first-order chi connectivity index (χ1) is 9.22. The molecule has 1 aromatic carbocycles. The van der Waals surface area contributed by atoms with Gasteiger partial charge in [0.25, 0.3) is 5.91 Å². The third-order valence-corrected chi connectivity index (χ3v) is 2.50. The van der Waals surface area contributed by atoms with E-state index in [2.05, 4.69) is 20.0 Å². The number of para-hydroxylation sites is 1. The number of carbonyl (C=O) groups excluding carboxylic acids is 1. The standard InChI is InChI=1S/C12H13N3O4/c1-18-9-4-2-3-8(11(9)16)12(17)13-6-5-10-14-7-19-15-10/h2-4,7,16H,5-6H2,1H3,(H,13,17). The van der Waals surface area contributed by atoms with E-state index in [1.165, 1.54) is 19.6 Å². The SMILES string of the molecule is COc1cccc(C(=O)NCCc2ncon2)c1O. The van der Waals surface area contributed by atoms with Crippen molar-refractivity contribution in [1.82, 2.24) is 15.5 Å². The highest BCUT2D eigenvalue weighted by Crippen LogP contribution is 2.28. The Morgan fingerprint density at radius 2 is 2.37 bits per heavy atom. The normalized spacial score (nSPS) is 10.2. The van der Waals surface area contributed by atoms with Crippen LogP contribution in [-0.4, -0.2) is 34.8 Å². The van der Waals surface area contributed by atoms with Crippen molar-refractivity contribution in [2.45, 2.75) is 6.42 Å². The van der Waals surface area contributed by atoms with Gasteiger partial charge in [0, 0.05) is 13.0 Å². The van der Waals surface area contributed by atoms with E-state index in [4.69, 9.17) is 4.74 Å². The minimum atomic E-state index is -0.389. The lowest BCUT2D eigenvalue weighted by atomic mass is 10.1. The Hall–Kier alpha value is -2.57. The summed E-state index contributed by atoms with van der Waals surface area (Å²) in [5.41, 5.74) is 0.160. The summed E-state index contributed by atoms with van der Waals surface area (Å²) in [5.74, 6) is 0.197. The molecule has 0 radical (unpaired) electrons. The molecule has 1 heterocycles. The van der Waals surface area contributed by atoms with Gasteiger partial charge in [-0.25, -0.2) is 0 Å². The smallest absolute Gasteiger partial charge is 0.255 e. The topological polar surface area (TPSA) is 97.5 Å². The van der Waals surface area contributed by atoms with Crippen molar-refractivity contribution >= 4 is 5.91 Å². The fourth-order valence-electron chi connectivity index (χ4n) is 1.56. The molecule has 2 rings (SSSR count). The Kier molecular flexibility index (Phi) is 3.97. The van der Waals surface area contributed by atoms with Crippen molar-refractivity contribution in [3.8, 4) is 11.5 Å². The number of hydrogen-bond acceptors (Lipinski definition) is 6. The van der Waals surface area contributed by atoms with E-state index >= 15 is 0 Å². The molecule has 7 nitrogen and oxygen atoms in total. The number of aromatic hydroxyl groups is 1. The monoisotopic (exact) mass is 263 g/mol. The van der Waals surface area contributed by atoms with E-state index < -0.39 is 0 Å². The number of carbonyl (C=O) groups is 1. The number of nitrogens with zero attached hydrogens (tertiary/aromatic N) is 2. The van der Waals surface area contributed by atoms with Crippen LogP contribution in [-0.2, 0) is 6.42 Å². The van der Waals surface area contributed by atoms with Gasteiger partial charge in [0.15, 0.2) is 17.3 Å². The van der Waals surface area contributed by atoms with Crippen LogP contribution in [0.5, 0.6) is 11.5 Å². The number of nitrogens with one attached hydrogen (secondary N) is 1. The maximum absolute atomic E-state index is 11.9. The first-order valence-corrected chi connectivity index (χ1v) is 5.61. The second-order valence-electron chi connectivity index (χ2n) is 3.71. The highest BCUT2D eigenvalue weighted by atomic mass is 16.5. The molecule has 7 heteroatoms. The molecule has 1 aromatic heterocycles. The molecule has 0 aliphatic heterocycles. The fourth-order valence-corrected chi connectivity index (χ4v) is 1.56. The zero-order chi connectivity index (χ0) is 13.7. The minimum Gasteiger partial charge on any atom is -0.504 e. The van der Waals surface area contributed by atoms with E-state index in [0.29, 0.717) is 18.8 Å². The van der Waals surface area contributed by atoms with Gasteiger partial charge in [0.1, 0.15) is 0 Å². The van der Waals surface area contributed by atoms with Gasteiger partial charge in [-0.1, -0.05) is 11.2 Å². The van der Waals surface area contributed by atoms with Gasteiger partial charge in [-0.05, 0) is 12.1 Å². The fraction of sp³-hybridized carbons (Fsp3) is 0.250. The molecular weight excluding hydrogens is 250 g/mol. The Morgan fingerprint density at radius 3 is 3.05 bits per heavy atom. The van der Waals surface area contributed by atoms with Crippen LogP contribution in [0.15, 0.2) is 29.1 Å². The highest BCUT2D eigenvalue weighted by Gasteiger charge is 2.14. The molecule has 0 saturated heterocycles. The molecule has 0 unspecified atom stereocenters. The zero-order valence-electron chi connectivity index (χ0n) is 10.3. The number of amides is 1. The van der Waals surface area contributed by atoms with Crippen LogP contribution in [0.1, 0.15) is 16.2 Å². The summed E-state index contributed by atoms with van der Waals surface area (Å²) in [6.07, 6.45) is 1.68. The summed E-state index contributed by atoms with van der Waals surface area (Å²) in [6.45, 7) is 0.342. The molecule has 2 aromatic rings. The van der Waals surface area contributed by atoms with Gasteiger partial charge in [0.05, 0.1) is 12.7 Å². The zero-order valence-corrected chi connectivity index (χ0v) is 10.3. The van der Waals surface area contributed by atoms with E-state index in [9.17, 15) is 9.90 Å². The van der Waals surface area contributed by atoms with Gasteiger partial charge < -0.3 is 19.7 Å². The predicted octanol–water partition coefficient (Wildman–Crippen LogP) is 0.756. The molecule has 0 atom stereocenters. The molecule has 0 saturated carbocycles. The average Bonchev–Trinajstić information content (AvgIpc) is 2.92. The number of hydrogen-bond donors (Lipinski definition) is 2. The molecule has 0 fully saturated rings. The largest absolute Gasteiger partial charge is 0.504 e. The van der Waals surface area contributed by atoms with E-state index in [0.717, 1.165) is 0 Å². The molecule has 0 bridgehead atoms. The molecule has 2 N–H and O–H groups in total. The van der Waals surface area contributed by atoms with Gasteiger partial charge in [-0.2, -0.15) is 4.98 Å². The third kappa shape index (κ3) is 3.01. The Labute approximate surface area is 109 Å².